The number of hydrogen-bond acceptors (Lipinski definition) is 6. The van der Waals surface area contributed by atoms with Gasteiger partial charge in [0.25, 0.3) is 0 Å². The van der Waals surface area contributed by atoms with Crippen LogP contribution in [0.15, 0.2) is 47.4 Å². The molecule has 2 amide bonds. The molecule has 1 heterocycles. The summed E-state index contributed by atoms with van der Waals surface area (Å²) in [4.78, 5) is 26.6. The number of carboxylic acids is 1. The molecule has 0 bridgehead atoms. The Bertz CT molecular complexity index is 1330. The van der Waals surface area contributed by atoms with E-state index in [4.69, 9.17) is 9.90 Å². The summed E-state index contributed by atoms with van der Waals surface area (Å²) in [6, 6.07) is 12.9. The summed E-state index contributed by atoms with van der Waals surface area (Å²) in [5, 5.41) is 13.2. The molecule has 3 N–H and O–H groups in total. The van der Waals surface area contributed by atoms with Gasteiger partial charge in [0.15, 0.2) is 0 Å². The van der Waals surface area contributed by atoms with Crippen LogP contribution in [0, 0.1) is 0 Å². The number of hydrogen-bond donors (Lipinski definition) is 3. The number of carbonyl (C=O) groups excluding carboxylic acids is 1. The van der Waals surface area contributed by atoms with E-state index in [0.29, 0.717) is 18.8 Å². The summed E-state index contributed by atoms with van der Waals surface area (Å²) in [6.07, 6.45) is -3.29. The number of urea groups is 1. The van der Waals surface area contributed by atoms with Gasteiger partial charge in [0.1, 0.15) is 0 Å². The molecule has 14 heteroatoms. The maximum atomic E-state index is 13.2. The van der Waals surface area contributed by atoms with Crippen molar-refractivity contribution in [2.75, 3.05) is 56.5 Å². The molecule has 0 spiro atoms. The molecule has 1 saturated heterocycles. The molecule has 1 fully saturated rings. The number of carboxylic acid groups (broad SMARTS) is 1. The zero-order valence-electron chi connectivity index (χ0n) is 23.2. The van der Waals surface area contributed by atoms with Crippen LogP contribution in [0.25, 0.3) is 0 Å². The number of halogens is 3. The third-order valence-corrected chi connectivity index (χ3v) is 9.13. The standard InChI is InChI=1S/C25H35N5O3S.C2HF3O2/c1-4-30(5-2)34(32,33)20-11-13-24(29-16-14-28(3)15-17-29)23(18-20)27-25(31)26-22-12-10-19-8-6-7-9-21(19)22;3-2(4,5)1(6)7/h6-9,11,13,18,22H,4-5,10,12,14-17H2,1-3H3,(H2,26,27,31);(H,6,7). The van der Waals surface area contributed by atoms with Crippen LogP contribution in [0.1, 0.15) is 37.4 Å². The van der Waals surface area contributed by atoms with Crippen molar-refractivity contribution in [1.29, 1.82) is 0 Å². The van der Waals surface area contributed by atoms with Crippen LogP contribution in [0.3, 0.4) is 0 Å². The molecule has 41 heavy (non-hydrogen) atoms. The van der Waals surface area contributed by atoms with E-state index in [0.717, 1.165) is 50.3 Å². The summed E-state index contributed by atoms with van der Waals surface area (Å²) in [5.41, 5.74) is 3.77. The molecule has 1 aliphatic carbocycles. The molecule has 4 rings (SSSR count). The van der Waals surface area contributed by atoms with E-state index in [1.807, 2.05) is 32.0 Å². The Morgan fingerprint density at radius 2 is 1.66 bits per heavy atom. The first-order valence-corrected chi connectivity index (χ1v) is 14.7. The van der Waals surface area contributed by atoms with Crippen molar-refractivity contribution in [3.05, 3.63) is 53.6 Å². The lowest BCUT2D eigenvalue weighted by Crippen LogP contribution is -2.45. The van der Waals surface area contributed by atoms with Gasteiger partial charge >= 0.3 is 18.2 Å². The summed E-state index contributed by atoms with van der Waals surface area (Å²) >= 11 is 0. The number of likely N-dealkylation sites (N-methyl/N-ethyl adjacent to an activating group) is 1. The van der Waals surface area contributed by atoms with E-state index >= 15 is 0 Å². The van der Waals surface area contributed by atoms with Crippen molar-refractivity contribution in [2.45, 2.75) is 43.8 Å². The highest BCUT2D eigenvalue weighted by atomic mass is 32.2. The zero-order valence-corrected chi connectivity index (χ0v) is 24.1. The smallest absolute Gasteiger partial charge is 0.475 e. The Morgan fingerprint density at radius 1 is 1.05 bits per heavy atom. The number of aryl methyl sites for hydroxylation is 1. The van der Waals surface area contributed by atoms with Gasteiger partial charge in [-0.3, -0.25) is 0 Å². The van der Waals surface area contributed by atoms with Gasteiger partial charge in [-0.25, -0.2) is 18.0 Å². The monoisotopic (exact) mass is 599 g/mol. The van der Waals surface area contributed by atoms with Gasteiger partial charge in [0, 0.05) is 39.3 Å². The summed E-state index contributed by atoms with van der Waals surface area (Å²) in [5.74, 6) is -2.76. The number of fused-ring (bicyclic) bond motifs is 1. The number of benzene rings is 2. The number of anilines is 2. The van der Waals surface area contributed by atoms with Crippen LogP contribution in [0.4, 0.5) is 29.3 Å². The van der Waals surface area contributed by atoms with Gasteiger partial charge in [0.05, 0.1) is 22.3 Å². The highest BCUT2D eigenvalue weighted by Crippen LogP contribution is 2.33. The molecule has 1 atom stereocenters. The van der Waals surface area contributed by atoms with Crippen molar-refractivity contribution in [2.24, 2.45) is 0 Å². The lowest BCUT2D eigenvalue weighted by Gasteiger charge is -2.35. The predicted molar refractivity (Wildman–Crippen MR) is 150 cm³/mol. The van der Waals surface area contributed by atoms with Crippen molar-refractivity contribution in [1.82, 2.24) is 14.5 Å². The maximum absolute atomic E-state index is 13.2. The van der Waals surface area contributed by atoms with Crippen LogP contribution in [0.2, 0.25) is 0 Å². The first-order valence-electron chi connectivity index (χ1n) is 13.3. The molecular weight excluding hydrogens is 563 g/mol. The lowest BCUT2D eigenvalue weighted by atomic mass is 10.1. The topological polar surface area (TPSA) is 122 Å². The number of nitrogens with zero attached hydrogens (tertiary/aromatic N) is 3. The molecule has 2 aromatic rings. The van der Waals surface area contributed by atoms with E-state index in [2.05, 4.69) is 39.6 Å². The van der Waals surface area contributed by atoms with Crippen molar-refractivity contribution >= 4 is 33.4 Å². The quantitative estimate of drug-likeness (QED) is 0.441. The SMILES string of the molecule is CCN(CC)S(=O)(=O)c1ccc(N2CCN(C)CC2)c(NC(=O)NC2CCc3ccccc32)c1.O=C(O)C(F)(F)F. The highest BCUT2D eigenvalue weighted by Gasteiger charge is 2.38. The Kier molecular flexibility index (Phi) is 10.6. The van der Waals surface area contributed by atoms with Gasteiger partial charge in [0.2, 0.25) is 10.0 Å². The van der Waals surface area contributed by atoms with Crippen LogP contribution >= 0.6 is 0 Å². The maximum Gasteiger partial charge on any atom is 0.490 e. The molecule has 0 radical (unpaired) electrons. The Balaban J connectivity index is 0.000000587. The summed E-state index contributed by atoms with van der Waals surface area (Å²) in [7, 11) is -1.56. The summed E-state index contributed by atoms with van der Waals surface area (Å²) in [6.45, 7) is 7.87. The number of aliphatic carboxylic acids is 1. The molecule has 2 aromatic carbocycles. The first-order chi connectivity index (χ1) is 19.3. The number of piperazine rings is 1. The molecule has 0 saturated carbocycles. The Hall–Kier alpha value is -3.36. The van der Waals surface area contributed by atoms with Crippen molar-refractivity contribution in [3.63, 3.8) is 0 Å². The van der Waals surface area contributed by atoms with E-state index in [1.54, 1.807) is 12.1 Å². The van der Waals surface area contributed by atoms with Crippen molar-refractivity contribution < 1.29 is 36.3 Å². The third-order valence-electron chi connectivity index (χ3n) is 7.08. The normalized spacial score (nSPS) is 17.4. The van der Waals surface area contributed by atoms with Gasteiger partial charge < -0.3 is 25.5 Å². The van der Waals surface area contributed by atoms with Crippen molar-refractivity contribution in [3.8, 4) is 0 Å². The van der Waals surface area contributed by atoms with E-state index < -0.39 is 22.2 Å². The minimum Gasteiger partial charge on any atom is -0.475 e. The van der Waals surface area contributed by atoms with Crippen LogP contribution in [0.5, 0.6) is 0 Å². The first kappa shape index (κ1) is 32.2. The van der Waals surface area contributed by atoms with Gasteiger partial charge in [-0.2, -0.15) is 17.5 Å². The highest BCUT2D eigenvalue weighted by molar-refractivity contribution is 7.89. The Labute approximate surface area is 238 Å². The molecule has 2 aliphatic rings. The average molecular weight is 600 g/mol. The second kappa shape index (κ2) is 13.5. The van der Waals surface area contributed by atoms with Crippen LogP contribution in [-0.4, -0.2) is 87.2 Å². The largest absolute Gasteiger partial charge is 0.490 e. The fourth-order valence-electron chi connectivity index (χ4n) is 4.84. The molecule has 1 unspecified atom stereocenters. The summed E-state index contributed by atoms with van der Waals surface area (Å²) < 4.78 is 59.5. The van der Waals surface area contributed by atoms with Crippen LogP contribution < -0.4 is 15.5 Å². The number of amides is 2. The fraction of sp³-hybridized carbons (Fsp3) is 0.481. The number of carbonyl (C=O) groups is 2. The number of sulfonamides is 1. The number of nitrogens with one attached hydrogen (secondary N) is 2. The van der Waals surface area contributed by atoms with Gasteiger partial charge in [-0.05, 0) is 49.2 Å². The minimum atomic E-state index is -5.08. The molecule has 10 nitrogen and oxygen atoms in total. The van der Waals surface area contributed by atoms with E-state index in [1.165, 1.54) is 9.87 Å². The van der Waals surface area contributed by atoms with Gasteiger partial charge in [-0.1, -0.05) is 38.1 Å². The number of rotatable bonds is 7. The third kappa shape index (κ3) is 8.11. The molecule has 0 aromatic heterocycles. The van der Waals surface area contributed by atoms with Gasteiger partial charge in [-0.15, -0.1) is 0 Å². The number of alkyl halides is 3. The predicted octanol–water partition coefficient (Wildman–Crippen LogP) is 3.91. The molecular formula is C27H36F3N5O5S. The Morgan fingerprint density at radius 3 is 2.24 bits per heavy atom. The van der Waals surface area contributed by atoms with Crippen LogP contribution in [-0.2, 0) is 21.2 Å². The van der Waals surface area contributed by atoms with E-state index in [-0.39, 0.29) is 17.0 Å². The lowest BCUT2D eigenvalue weighted by molar-refractivity contribution is -0.192. The molecule has 1 aliphatic heterocycles. The zero-order chi connectivity index (χ0) is 30.4. The van der Waals surface area contributed by atoms with E-state index in [9.17, 15) is 26.4 Å². The average Bonchev–Trinajstić information content (AvgIpc) is 3.32. The second-order valence-corrected chi connectivity index (χ2v) is 11.7. The molecule has 226 valence electrons. The fourth-order valence-corrected chi connectivity index (χ4v) is 6.32. The minimum absolute atomic E-state index is 0.0501. The second-order valence-electron chi connectivity index (χ2n) is 9.75.